The van der Waals surface area contributed by atoms with Crippen LogP contribution in [0.25, 0.3) is 10.2 Å². The van der Waals surface area contributed by atoms with Crippen LogP contribution in [0.2, 0.25) is 0 Å². The van der Waals surface area contributed by atoms with Crippen LogP contribution in [0, 0.1) is 6.92 Å². The number of aryl methyl sites for hydroxylation is 1. The van der Waals surface area contributed by atoms with Gasteiger partial charge in [0, 0.05) is 25.2 Å². The van der Waals surface area contributed by atoms with Crippen molar-refractivity contribution in [3.63, 3.8) is 0 Å². The van der Waals surface area contributed by atoms with E-state index < -0.39 is 0 Å². The zero-order valence-corrected chi connectivity index (χ0v) is 15.6. The molecule has 0 aliphatic carbocycles. The minimum Gasteiger partial charge on any atom is -0.485 e. The number of likely N-dealkylation sites (tertiary alicyclic amines) is 1. The van der Waals surface area contributed by atoms with Gasteiger partial charge in [-0.3, -0.25) is 4.79 Å². The Balaban J connectivity index is 1.40. The molecule has 26 heavy (non-hydrogen) atoms. The summed E-state index contributed by atoms with van der Waals surface area (Å²) in [5.74, 6) is 1.21. The number of amides is 1. The predicted octanol–water partition coefficient (Wildman–Crippen LogP) is 4.19. The largest absolute Gasteiger partial charge is 0.485 e. The fourth-order valence-electron chi connectivity index (χ4n) is 3.18. The molecular formula is C19H21N3O3S. The summed E-state index contributed by atoms with van der Waals surface area (Å²) >= 11 is 1.66. The average Bonchev–Trinajstić information content (AvgIpc) is 3.15. The first kappa shape index (κ1) is 17.0. The molecule has 0 N–H and O–H groups in total. The number of hydrogen-bond donors (Lipinski definition) is 0. The third-order valence-electron chi connectivity index (χ3n) is 4.52. The molecule has 6 nitrogen and oxygen atoms in total. The zero-order valence-electron chi connectivity index (χ0n) is 14.7. The molecule has 0 radical (unpaired) electrons. The van der Waals surface area contributed by atoms with E-state index >= 15 is 0 Å². The van der Waals surface area contributed by atoms with E-state index in [1.54, 1.807) is 17.4 Å². The van der Waals surface area contributed by atoms with Crippen molar-refractivity contribution < 1.29 is 14.1 Å². The van der Waals surface area contributed by atoms with Gasteiger partial charge in [-0.25, -0.2) is 4.98 Å². The molecule has 0 saturated carbocycles. The number of carbonyl (C=O) groups is 1. The highest BCUT2D eigenvalue weighted by Gasteiger charge is 2.21. The van der Waals surface area contributed by atoms with Crippen molar-refractivity contribution in [1.29, 1.82) is 0 Å². The van der Waals surface area contributed by atoms with Gasteiger partial charge in [0.2, 0.25) is 0 Å². The Kier molecular flexibility index (Phi) is 4.88. The molecule has 1 aromatic carbocycles. The van der Waals surface area contributed by atoms with Gasteiger partial charge in [-0.2, -0.15) is 0 Å². The summed E-state index contributed by atoms with van der Waals surface area (Å²) in [6.07, 6.45) is 4.48. The van der Waals surface area contributed by atoms with Crippen LogP contribution in [0.4, 0.5) is 0 Å². The van der Waals surface area contributed by atoms with Gasteiger partial charge in [-0.1, -0.05) is 18.0 Å². The Morgan fingerprint density at radius 3 is 2.85 bits per heavy atom. The molecule has 3 heterocycles. The Morgan fingerprint density at radius 2 is 2.04 bits per heavy atom. The van der Waals surface area contributed by atoms with Gasteiger partial charge in [-0.05, 0) is 31.9 Å². The number of thiazole rings is 1. The van der Waals surface area contributed by atoms with E-state index in [1.165, 1.54) is 12.8 Å². The number of carbonyl (C=O) groups excluding carboxylic acids is 1. The quantitative estimate of drug-likeness (QED) is 0.688. The van der Waals surface area contributed by atoms with Gasteiger partial charge in [0.15, 0.2) is 11.5 Å². The van der Waals surface area contributed by atoms with Crippen LogP contribution in [-0.2, 0) is 6.61 Å². The molecule has 1 aliphatic rings. The SMILES string of the molecule is Cc1nc2cc(OCc3cc(C(=O)N4CCCCCC4)no3)ccc2s1. The maximum atomic E-state index is 12.5. The van der Waals surface area contributed by atoms with Crippen LogP contribution in [0.3, 0.4) is 0 Å². The van der Waals surface area contributed by atoms with Gasteiger partial charge >= 0.3 is 0 Å². The van der Waals surface area contributed by atoms with Crippen LogP contribution in [-0.4, -0.2) is 34.0 Å². The molecule has 1 amide bonds. The summed E-state index contributed by atoms with van der Waals surface area (Å²) in [7, 11) is 0. The zero-order chi connectivity index (χ0) is 17.9. The molecule has 1 fully saturated rings. The molecule has 7 heteroatoms. The molecule has 1 saturated heterocycles. The van der Waals surface area contributed by atoms with Crippen molar-refractivity contribution in [2.45, 2.75) is 39.2 Å². The molecule has 0 bridgehead atoms. The van der Waals surface area contributed by atoms with E-state index in [4.69, 9.17) is 9.26 Å². The van der Waals surface area contributed by atoms with Gasteiger partial charge in [0.1, 0.15) is 12.4 Å². The van der Waals surface area contributed by atoms with E-state index in [1.807, 2.05) is 30.0 Å². The Hall–Kier alpha value is -2.41. The lowest BCUT2D eigenvalue weighted by Crippen LogP contribution is -2.32. The molecule has 0 spiro atoms. The van der Waals surface area contributed by atoms with Crippen LogP contribution in [0.5, 0.6) is 5.75 Å². The average molecular weight is 371 g/mol. The Bertz CT molecular complexity index is 910. The van der Waals surface area contributed by atoms with Gasteiger partial charge in [0.05, 0.1) is 15.2 Å². The standard InChI is InChI=1S/C19H21N3O3S/c1-13-20-16-10-14(6-7-18(16)26-13)24-12-15-11-17(21-25-15)19(23)22-8-4-2-3-5-9-22/h6-7,10-11H,2-5,8-9,12H2,1H3. The van der Waals surface area contributed by atoms with E-state index in [9.17, 15) is 4.79 Å². The summed E-state index contributed by atoms with van der Waals surface area (Å²) in [6, 6.07) is 7.51. The number of fused-ring (bicyclic) bond motifs is 1. The molecule has 0 unspecified atom stereocenters. The molecule has 0 atom stereocenters. The van der Waals surface area contributed by atoms with Crippen LogP contribution < -0.4 is 4.74 Å². The number of rotatable bonds is 4. The monoisotopic (exact) mass is 371 g/mol. The van der Waals surface area contributed by atoms with E-state index in [0.29, 0.717) is 11.5 Å². The van der Waals surface area contributed by atoms with Gasteiger partial charge in [-0.15, -0.1) is 11.3 Å². The van der Waals surface area contributed by atoms with E-state index in [2.05, 4.69) is 10.1 Å². The fourth-order valence-corrected chi connectivity index (χ4v) is 3.99. The first-order valence-corrected chi connectivity index (χ1v) is 9.75. The predicted molar refractivity (Wildman–Crippen MR) is 99.6 cm³/mol. The maximum absolute atomic E-state index is 12.5. The lowest BCUT2D eigenvalue weighted by atomic mass is 10.2. The first-order chi connectivity index (χ1) is 12.7. The van der Waals surface area contributed by atoms with Crippen LogP contribution in [0.1, 0.15) is 46.9 Å². The van der Waals surface area contributed by atoms with Crippen molar-refractivity contribution in [3.05, 3.63) is 40.7 Å². The molecule has 4 rings (SSSR count). The maximum Gasteiger partial charge on any atom is 0.276 e. The Morgan fingerprint density at radius 1 is 1.23 bits per heavy atom. The number of aromatic nitrogens is 2. The smallest absolute Gasteiger partial charge is 0.276 e. The van der Waals surface area contributed by atoms with Crippen molar-refractivity contribution >= 4 is 27.5 Å². The second-order valence-electron chi connectivity index (χ2n) is 6.54. The normalized spacial score (nSPS) is 15.2. The highest BCUT2D eigenvalue weighted by atomic mass is 32.1. The third-order valence-corrected chi connectivity index (χ3v) is 5.47. The van der Waals surface area contributed by atoms with Crippen molar-refractivity contribution in [2.24, 2.45) is 0 Å². The summed E-state index contributed by atoms with van der Waals surface area (Å²) in [6.45, 7) is 3.81. The fraction of sp³-hybridized carbons (Fsp3) is 0.421. The molecule has 136 valence electrons. The highest BCUT2D eigenvalue weighted by molar-refractivity contribution is 7.18. The lowest BCUT2D eigenvalue weighted by molar-refractivity contribution is 0.0751. The second kappa shape index (κ2) is 7.45. The number of ether oxygens (including phenoxy) is 1. The summed E-state index contributed by atoms with van der Waals surface area (Å²) < 4.78 is 12.2. The number of nitrogens with zero attached hydrogens (tertiary/aromatic N) is 3. The van der Waals surface area contributed by atoms with Crippen LogP contribution in [0.15, 0.2) is 28.8 Å². The van der Waals surface area contributed by atoms with E-state index in [0.717, 1.165) is 46.9 Å². The summed E-state index contributed by atoms with van der Waals surface area (Å²) in [4.78, 5) is 18.9. The minimum atomic E-state index is -0.0544. The lowest BCUT2D eigenvalue weighted by Gasteiger charge is -2.18. The summed E-state index contributed by atoms with van der Waals surface area (Å²) in [5, 5.41) is 4.96. The van der Waals surface area contributed by atoms with Gasteiger partial charge in [0.25, 0.3) is 5.91 Å². The Labute approximate surface area is 155 Å². The minimum absolute atomic E-state index is 0.0544. The molecular weight excluding hydrogens is 350 g/mol. The number of benzene rings is 1. The van der Waals surface area contributed by atoms with Gasteiger partial charge < -0.3 is 14.2 Å². The van der Waals surface area contributed by atoms with Crippen molar-refractivity contribution in [1.82, 2.24) is 15.0 Å². The second-order valence-corrected chi connectivity index (χ2v) is 7.77. The topological polar surface area (TPSA) is 68.5 Å². The molecule has 3 aromatic rings. The number of hydrogen-bond acceptors (Lipinski definition) is 6. The molecule has 1 aliphatic heterocycles. The third kappa shape index (κ3) is 3.72. The van der Waals surface area contributed by atoms with E-state index in [-0.39, 0.29) is 12.5 Å². The summed E-state index contributed by atoms with van der Waals surface area (Å²) in [5.41, 5.74) is 1.29. The van der Waals surface area contributed by atoms with Crippen molar-refractivity contribution in [2.75, 3.05) is 13.1 Å². The highest BCUT2D eigenvalue weighted by Crippen LogP contribution is 2.26. The van der Waals surface area contributed by atoms with Crippen molar-refractivity contribution in [3.8, 4) is 5.75 Å². The molecule has 2 aromatic heterocycles. The first-order valence-electron chi connectivity index (χ1n) is 8.94. The van der Waals surface area contributed by atoms with Crippen LogP contribution >= 0.6 is 11.3 Å².